The Balaban J connectivity index is 1.44. The molecule has 1 N–H and O–H groups in total. The Morgan fingerprint density at radius 2 is 1.97 bits per heavy atom. The molecule has 8 nitrogen and oxygen atoms in total. The van der Waals surface area contributed by atoms with Gasteiger partial charge in [-0.2, -0.15) is 0 Å². The summed E-state index contributed by atoms with van der Waals surface area (Å²) >= 11 is 12.2. The summed E-state index contributed by atoms with van der Waals surface area (Å²) in [6, 6.07) is 11.2. The minimum atomic E-state index is -0.492. The van der Waals surface area contributed by atoms with Gasteiger partial charge in [-0.15, -0.1) is 5.10 Å². The van der Waals surface area contributed by atoms with Gasteiger partial charge in [-0.25, -0.2) is 9.67 Å². The zero-order chi connectivity index (χ0) is 23.5. The van der Waals surface area contributed by atoms with E-state index in [1.807, 2.05) is 38.1 Å². The van der Waals surface area contributed by atoms with Crippen LogP contribution in [0.3, 0.4) is 0 Å². The predicted octanol–water partition coefficient (Wildman–Crippen LogP) is 5.38. The molecule has 0 bridgehead atoms. The molecular formula is C23H21Cl2N5O3. The first-order valence-corrected chi connectivity index (χ1v) is 10.9. The van der Waals surface area contributed by atoms with Crippen molar-refractivity contribution in [3.05, 3.63) is 86.5 Å². The molecule has 2 aromatic carbocycles. The summed E-state index contributed by atoms with van der Waals surface area (Å²) < 4.78 is 12.7. The molecule has 0 unspecified atom stereocenters. The number of nitrogens with one attached hydrogen (secondary N) is 1. The number of nitrogens with zero attached hydrogens (tertiary/aromatic N) is 4. The summed E-state index contributed by atoms with van der Waals surface area (Å²) in [6.07, 6.45) is 1.50. The van der Waals surface area contributed by atoms with Crippen LogP contribution in [0.5, 0.6) is 5.75 Å². The Kier molecular flexibility index (Phi) is 6.67. The first-order chi connectivity index (χ1) is 15.8. The number of aromatic nitrogens is 4. The van der Waals surface area contributed by atoms with E-state index >= 15 is 0 Å². The van der Waals surface area contributed by atoms with Crippen LogP contribution in [0.15, 0.2) is 47.2 Å². The zero-order valence-corrected chi connectivity index (χ0v) is 19.7. The average Bonchev–Trinajstić information content (AvgIpc) is 3.36. The van der Waals surface area contributed by atoms with E-state index in [0.29, 0.717) is 27.9 Å². The van der Waals surface area contributed by atoms with Crippen molar-refractivity contribution in [2.75, 3.05) is 5.32 Å². The number of carbonyl (C=O) groups is 1. The number of aryl methyl sites for hydroxylation is 3. The SMILES string of the molecule is Cc1ccc(C)c(OCc2c(C(=O)Nc3ncn(Cc4ccc(Cl)cc4Cl)n3)noc2C)c1. The smallest absolute Gasteiger partial charge is 0.280 e. The molecule has 170 valence electrons. The second-order valence-corrected chi connectivity index (χ2v) is 8.42. The maximum Gasteiger partial charge on any atom is 0.280 e. The summed E-state index contributed by atoms with van der Waals surface area (Å²) in [7, 11) is 0. The monoisotopic (exact) mass is 485 g/mol. The summed E-state index contributed by atoms with van der Waals surface area (Å²) in [4.78, 5) is 17.0. The lowest BCUT2D eigenvalue weighted by atomic mass is 10.1. The van der Waals surface area contributed by atoms with Crippen molar-refractivity contribution in [3.63, 3.8) is 0 Å². The van der Waals surface area contributed by atoms with Crippen molar-refractivity contribution < 1.29 is 14.1 Å². The van der Waals surface area contributed by atoms with Crippen molar-refractivity contribution in [1.29, 1.82) is 0 Å². The van der Waals surface area contributed by atoms with Crippen LogP contribution in [0.1, 0.15) is 38.5 Å². The molecule has 0 aliphatic carbocycles. The average molecular weight is 486 g/mol. The van der Waals surface area contributed by atoms with Crippen molar-refractivity contribution in [1.82, 2.24) is 19.9 Å². The Hall–Kier alpha value is -3.36. The molecule has 4 aromatic rings. The molecule has 10 heteroatoms. The number of rotatable bonds is 7. The van der Waals surface area contributed by atoms with E-state index in [2.05, 4.69) is 20.6 Å². The fourth-order valence-electron chi connectivity index (χ4n) is 3.17. The van der Waals surface area contributed by atoms with Crippen LogP contribution in [0.25, 0.3) is 0 Å². The fourth-order valence-corrected chi connectivity index (χ4v) is 3.63. The van der Waals surface area contributed by atoms with Crippen LogP contribution in [0.4, 0.5) is 5.95 Å². The maximum absolute atomic E-state index is 12.8. The van der Waals surface area contributed by atoms with E-state index in [1.54, 1.807) is 23.7 Å². The van der Waals surface area contributed by atoms with Gasteiger partial charge in [0, 0.05) is 10.0 Å². The topological polar surface area (TPSA) is 95.1 Å². The highest BCUT2D eigenvalue weighted by Gasteiger charge is 2.22. The standard InChI is InChI=1S/C23H21Cl2N5O3/c1-13-4-5-14(2)20(8-13)32-11-18-15(3)33-29-21(18)22(31)27-23-26-12-30(28-23)10-16-6-7-17(24)9-19(16)25/h4-9,12H,10-11H2,1-3H3,(H,27,28,31). The van der Waals surface area contributed by atoms with Gasteiger partial charge in [0.2, 0.25) is 5.95 Å². The van der Waals surface area contributed by atoms with Crippen LogP contribution in [0, 0.1) is 20.8 Å². The minimum absolute atomic E-state index is 0.120. The molecule has 4 rings (SSSR count). The van der Waals surface area contributed by atoms with Gasteiger partial charge in [0.15, 0.2) is 5.69 Å². The molecule has 2 heterocycles. The zero-order valence-electron chi connectivity index (χ0n) is 18.2. The number of hydrogen-bond donors (Lipinski definition) is 1. The predicted molar refractivity (Wildman–Crippen MR) is 125 cm³/mol. The highest BCUT2D eigenvalue weighted by molar-refractivity contribution is 6.35. The summed E-state index contributed by atoms with van der Waals surface area (Å²) in [5, 5.41) is 11.9. The number of carbonyl (C=O) groups excluding carboxylic acids is 1. The fraction of sp³-hybridized carbons (Fsp3) is 0.217. The van der Waals surface area contributed by atoms with E-state index in [4.69, 9.17) is 32.5 Å². The Bertz CT molecular complexity index is 1320. The molecule has 0 radical (unpaired) electrons. The Morgan fingerprint density at radius 3 is 2.76 bits per heavy atom. The van der Waals surface area contributed by atoms with Gasteiger partial charge in [-0.1, -0.05) is 46.6 Å². The Labute approximate surface area is 200 Å². The molecule has 0 saturated carbocycles. The number of anilines is 1. The first-order valence-electron chi connectivity index (χ1n) is 10.1. The van der Waals surface area contributed by atoms with Crippen LogP contribution < -0.4 is 10.1 Å². The van der Waals surface area contributed by atoms with E-state index in [0.717, 1.165) is 22.4 Å². The Morgan fingerprint density at radius 1 is 1.15 bits per heavy atom. The van der Waals surface area contributed by atoms with Crippen LogP contribution >= 0.6 is 23.2 Å². The number of halogens is 2. The molecule has 2 aromatic heterocycles. The van der Waals surface area contributed by atoms with Crippen molar-refractivity contribution >= 4 is 35.1 Å². The second kappa shape index (κ2) is 9.64. The van der Waals surface area contributed by atoms with Crippen molar-refractivity contribution in [2.24, 2.45) is 0 Å². The highest BCUT2D eigenvalue weighted by Crippen LogP contribution is 2.24. The first kappa shape index (κ1) is 22.8. The number of hydrogen-bond acceptors (Lipinski definition) is 6. The molecule has 0 fully saturated rings. The third-order valence-corrected chi connectivity index (χ3v) is 5.61. The quantitative estimate of drug-likeness (QED) is 0.377. The summed E-state index contributed by atoms with van der Waals surface area (Å²) in [5.74, 6) is 0.880. The number of amides is 1. The lowest BCUT2D eigenvalue weighted by Gasteiger charge is -2.10. The van der Waals surface area contributed by atoms with Gasteiger partial charge in [-0.3, -0.25) is 10.1 Å². The second-order valence-electron chi connectivity index (χ2n) is 7.58. The van der Waals surface area contributed by atoms with Crippen LogP contribution in [-0.2, 0) is 13.2 Å². The van der Waals surface area contributed by atoms with Gasteiger partial charge in [0.25, 0.3) is 5.91 Å². The van der Waals surface area contributed by atoms with Gasteiger partial charge in [0.05, 0.1) is 12.1 Å². The largest absolute Gasteiger partial charge is 0.488 e. The third kappa shape index (κ3) is 5.35. The third-order valence-electron chi connectivity index (χ3n) is 5.02. The van der Waals surface area contributed by atoms with Gasteiger partial charge in [-0.05, 0) is 55.7 Å². The summed E-state index contributed by atoms with van der Waals surface area (Å²) in [6.45, 7) is 6.19. The lowest BCUT2D eigenvalue weighted by molar-refractivity contribution is 0.101. The van der Waals surface area contributed by atoms with E-state index < -0.39 is 5.91 Å². The molecule has 0 atom stereocenters. The molecule has 0 saturated heterocycles. The van der Waals surface area contributed by atoms with Crippen molar-refractivity contribution in [3.8, 4) is 5.75 Å². The summed E-state index contributed by atoms with van der Waals surface area (Å²) in [5.41, 5.74) is 3.57. The van der Waals surface area contributed by atoms with Gasteiger partial charge < -0.3 is 9.26 Å². The van der Waals surface area contributed by atoms with Crippen LogP contribution in [-0.4, -0.2) is 25.8 Å². The lowest BCUT2D eigenvalue weighted by Crippen LogP contribution is -2.16. The molecule has 1 amide bonds. The van der Waals surface area contributed by atoms with Crippen LogP contribution in [0.2, 0.25) is 10.0 Å². The molecular weight excluding hydrogens is 465 g/mol. The molecule has 0 spiro atoms. The van der Waals surface area contributed by atoms with E-state index in [-0.39, 0.29) is 18.2 Å². The molecule has 33 heavy (non-hydrogen) atoms. The molecule has 0 aliphatic rings. The minimum Gasteiger partial charge on any atom is -0.488 e. The van der Waals surface area contributed by atoms with E-state index in [9.17, 15) is 4.79 Å². The van der Waals surface area contributed by atoms with Crippen molar-refractivity contribution in [2.45, 2.75) is 33.9 Å². The number of benzene rings is 2. The van der Waals surface area contributed by atoms with Gasteiger partial charge in [0.1, 0.15) is 24.4 Å². The molecule has 0 aliphatic heterocycles. The highest BCUT2D eigenvalue weighted by atomic mass is 35.5. The maximum atomic E-state index is 12.8. The normalized spacial score (nSPS) is 10.9. The van der Waals surface area contributed by atoms with Gasteiger partial charge >= 0.3 is 0 Å². The number of ether oxygens (including phenoxy) is 1. The van der Waals surface area contributed by atoms with E-state index in [1.165, 1.54) is 6.33 Å².